The van der Waals surface area contributed by atoms with E-state index in [4.69, 9.17) is 12.2 Å². The second-order valence-corrected chi connectivity index (χ2v) is 7.82. The number of carbonyl (C=O) groups is 2. The number of hydrogen-bond donors (Lipinski definition) is 3. The van der Waals surface area contributed by atoms with E-state index in [1.165, 1.54) is 29.5 Å². The molecule has 29 heavy (non-hydrogen) atoms. The first-order valence-electron chi connectivity index (χ1n) is 8.94. The van der Waals surface area contributed by atoms with Crippen molar-refractivity contribution in [3.63, 3.8) is 0 Å². The zero-order chi connectivity index (χ0) is 20.4. The fourth-order valence-electron chi connectivity index (χ4n) is 2.83. The molecule has 3 aromatic rings. The number of aromatic amines is 1. The molecule has 2 aromatic heterocycles. The lowest BCUT2D eigenvalue weighted by Gasteiger charge is -2.06. The molecule has 0 radical (unpaired) electrons. The van der Waals surface area contributed by atoms with Crippen LogP contribution >= 0.6 is 23.6 Å². The van der Waals surface area contributed by atoms with Crippen molar-refractivity contribution in [1.82, 2.24) is 25.1 Å². The van der Waals surface area contributed by atoms with Crippen molar-refractivity contribution in [2.75, 3.05) is 5.32 Å². The number of halogens is 1. The van der Waals surface area contributed by atoms with Gasteiger partial charge in [0.05, 0.1) is 24.2 Å². The minimum Gasteiger partial charge on any atom is -0.348 e. The maximum Gasteiger partial charge on any atom is 0.260 e. The first-order valence-corrected chi connectivity index (χ1v) is 10.2. The van der Waals surface area contributed by atoms with Crippen LogP contribution in [-0.4, -0.2) is 31.6 Å². The third-order valence-electron chi connectivity index (χ3n) is 4.37. The van der Waals surface area contributed by atoms with Crippen molar-refractivity contribution in [1.29, 1.82) is 0 Å². The quantitative estimate of drug-likeness (QED) is 0.498. The summed E-state index contributed by atoms with van der Waals surface area (Å²) in [5, 5.41) is 14.3. The number of nitrogens with zero attached hydrogens (tertiary/aromatic N) is 3. The highest BCUT2D eigenvalue weighted by Crippen LogP contribution is 2.35. The maximum atomic E-state index is 13.7. The van der Waals surface area contributed by atoms with Crippen LogP contribution in [0.15, 0.2) is 29.6 Å². The Bertz CT molecular complexity index is 1120. The molecule has 11 heteroatoms. The average Bonchev–Trinajstić information content (AvgIpc) is 3.33. The van der Waals surface area contributed by atoms with Crippen LogP contribution in [0.25, 0.3) is 0 Å². The summed E-state index contributed by atoms with van der Waals surface area (Å²) in [4.78, 5) is 28.6. The van der Waals surface area contributed by atoms with Gasteiger partial charge in [-0.2, -0.15) is 5.10 Å². The Hall–Kier alpha value is -2.92. The number of H-pyrrole nitrogens is 1. The Balaban J connectivity index is 1.32. The van der Waals surface area contributed by atoms with E-state index in [1.807, 2.05) is 4.57 Å². The van der Waals surface area contributed by atoms with E-state index in [2.05, 4.69) is 25.8 Å². The van der Waals surface area contributed by atoms with E-state index in [1.54, 1.807) is 11.4 Å². The van der Waals surface area contributed by atoms with E-state index >= 15 is 0 Å². The van der Waals surface area contributed by atoms with Crippen LogP contribution in [0, 0.1) is 10.6 Å². The highest BCUT2D eigenvalue weighted by Gasteiger charge is 2.27. The number of aromatic nitrogens is 4. The third kappa shape index (κ3) is 4.57. The molecule has 4 rings (SSSR count). The van der Waals surface area contributed by atoms with Gasteiger partial charge in [-0.15, -0.1) is 11.3 Å². The first-order chi connectivity index (χ1) is 14.0. The topological polar surface area (TPSA) is 105 Å². The summed E-state index contributed by atoms with van der Waals surface area (Å²) in [5.74, 6) is -0.720. The molecule has 8 nitrogen and oxygen atoms in total. The second-order valence-electron chi connectivity index (χ2n) is 6.58. The highest BCUT2D eigenvalue weighted by atomic mass is 32.1. The molecule has 1 aliphatic carbocycles. The molecule has 0 saturated heterocycles. The molecule has 0 unspecified atom stereocenters. The predicted molar refractivity (Wildman–Crippen MR) is 108 cm³/mol. The van der Waals surface area contributed by atoms with Crippen LogP contribution in [0.1, 0.15) is 40.8 Å². The number of thiazole rings is 1. The van der Waals surface area contributed by atoms with Gasteiger partial charge in [0.2, 0.25) is 5.91 Å². The lowest BCUT2D eigenvalue weighted by atomic mass is 10.2. The minimum absolute atomic E-state index is 0.0562. The summed E-state index contributed by atoms with van der Waals surface area (Å²) in [7, 11) is 0. The van der Waals surface area contributed by atoms with Crippen LogP contribution in [0.4, 0.5) is 9.52 Å². The van der Waals surface area contributed by atoms with Crippen molar-refractivity contribution >= 4 is 40.5 Å². The largest absolute Gasteiger partial charge is 0.348 e. The standard InChI is InChI=1S/C18H17FN6O2S2/c19-13-4-2-1-3-12(13)16(27)22-17-21-10(9-29-17)7-15(26)20-8-14-23-24-18(28)25(14)11-5-6-11/h1-4,9,11H,5-8H2,(H,20,26)(H,24,28)(H,21,22,27). The number of anilines is 1. The lowest BCUT2D eigenvalue weighted by molar-refractivity contribution is -0.120. The third-order valence-corrected chi connectivity index (χ3v) is 5.46. The van der Waals surface area contributed by atoms with Gasteiger partial charge in [0.15, 0.2) is 15.7 Å². The van der Waals surface area contributed by atoms with Gasteiger partial charge in [-0.05, 0) is 37.2 Å². The Labute approximate surface area is 174 Å². The molecule has 0 spiro atoms. The molecule has 1 aromatic carbocycles. The minimum atomic E-state index is -0.606. The normalized spacial score (nSPS) is 13.3. The van der Waals surface area contributed by atoms with Gasteiger partial charge in [-0.25, -0.2) is 9.37 Å². The van der Waals surface area contributed by atoms with E-state index < -0.39 is 11.7 Å². The number of carbonyl (C=O) groups excluding carboxylic acids is 2. The summed E-state index contributed by atoms with van der Waals surface area (Å²) in [5.41, 5.74) is 0.448. The Kier molecular flexibility index (Phi) is 5.49. The van der Waals surface area contributed by atoms with Crippen molar-refractivity contribution in [3.05, 3.63) is 57.3 Å². The van der Waals surface area contributed by atoms with Crippen LogP contribution in [0.3, 0.4) is 0 Å². The predicted octanol–water partition coefficient (Wildman–Crippen LogP) is 2.98. The van der Waals surface area contributed by atoms with Gasteiger partial charge in [-0.3, -0.25) is 24.6 Å². The fraction of sp³-hybridized carbons (Fsp3) is 0.278. The van der Waals surface area contributed by atoms with Gasteiger partial charge in [0.1, 0.15) is 5.82 Å². The Morgan fingerprint density at radius 2 is 2.14 bits per heavy atom. The second kappa shape index (κ2) is 8.21. The molecule has 2 amide bonds. The van der Waals surface area contributed by atoms with Crippen molar-refractivity contribution in [2.45, 2.75) is 31.8 Å². The van der Waals surface area contributed by atoms with Gasteiger partial charge in [0, 0.05) is 11.4 Å². The molecular formula is C18H17FN6O2S2. The molecule has 2 heterocycles. The monoisotopic (exact) mass is 432 g/mol. The number of amides is 2. The van der Waals surface area contributed by atoms with E-state index in [0.29, 0.717) is 27.5 Å². The van der Waals surface area contributed by atoms with E-state index in [9.17, 15) is 14.0 Å². The summed E-state index contributed by atoms with van der Waals surface area (Å²) in [6.07, 6.45) is 2.19. The maximum absolute atomic E-state index is 13.7. The van der Waals surface area contributed by atoms with Crippen LogP contribution in [0.5, 0.6) is 0 Å². The lowest BCUT2D eigenvalue weighted by Crippen LogP contribution is -2.26. The summed E-state index contributed by atoms with van der Waals surface area (Å²) in [6, 6.07) is 6.07. The van der Waals surface area contributed by atoms with Gasteiger partial charge < -0.3 is 5.32 Å². The number of nitrogens with one attached hydrogen (secondary N) is 3. The number of hydrogen-bond acceptors (Lipinski definition) is 6. The highest BCUT2D eigenvalue weighted by molar-refractivity contribution is 7.71. The average molecular weight is 433 g/mol. The Morgan fingerprint density at radius 1 is 1.34 bits per heavy atom. The fourth-order valence-corrected chi connectivity index (χ4v) is 3.84. The van der Waals surface area contributed by atoms with Crippen LogP contribution in [0.2, 0.25) is 0 Å². The van der Waals surface area contributed by atoms with Gasteiger partial charge in [-0.1, -0.05) is 12.1 Å². The molecule has 3 N–H and O–H groups in total. The summed E-state index contributed by atoms with van der Waals surface area (Å²) in [6.45, 7) is 0.267. The van der Waals surface area contributed by atoms with Crippen LogP contribution < -0.4 is 10.6 Å². The molecule has 150 valence electrons. The Morgan fingerprint density at radius 3 is 2.90 bits per heavy atom. The summed E-state index contributed by atoms with van der Waals surface area (Å²) < 4.78 is 16.2. The number of benzene rings is 1. The molecular weight excluding hydrogens is 415 g/mol. The molecule has 0 aliphatic heterocycles. The van der Waals surface area contributed by atoms with Gasteiger partial charge >= 0.3 is 0 Å². The van der Waals surface area contributed by atoms with Crippen molar-refractivity contribution in [2.24, 2.45) is 0 Å². The molecule has 0 atom stereocenters. The number of rotatable bonds is 7. The van der Waals surface area contributed by atoms with Crippen molar-refractivity contribution in [3.8, 4) is 0 Å². The molecule has 1 aliphatic rings. The summed E-state index contributed by atoms with van der Waals surface area (Å²) >= 11 is 6.39. The van der Waals surface area contributed by atoms with Crippen molar-refractivity contribution < 1.29 is 14.0 Å². The van der Waals surface area contributed by atoms with Crippen LogP contribution in [-0.2, 0) is 17.8 Å². The first kappa shape index (κ1) is 19.4. The van der Waals surface area contributed by atoms with Gasteiger partial charge in [0.25, 0.3) is 5.91 Å². The molecule has 0 bridgehead atoms. The molecule has 1 fully saturated rings. The molecule has 1 saturated carbocycles. The van der Waals surface area contributed by atoms with E-state index in [-0.39, 0.29) is 24.4 Å². The zero-order valence-electron chi connectivity index (χ0n) is 15.1. The SMILES string of the molecule is O=C(Cc1csc(NC(=O)c2ccccc2F)n1)NCc1n[nH]c(=S)n1C1CC1. The zero-order valence-corrected chi connectivity index (χ0v) is 16.8. The van der Waals surface area contributed by atoms with E-state index in [0.717, 1.165) is 12.8 Å². The smallest absolute Gasteiger partial charge is 0.260 e.